The van der Waals surface area contributed by atoms with Crippen molar-refractivity contribution < 1.29 is 31.0 Å². The third kappa shape index (κ3) is 2.25. The van der Waals surface area contributed by atoms with Crippen LogP contribution in [0.15, 0.2) is 24.3 Å². The van der Waals surface area contributed by atoms with Crippen molar-refractivity contribution >= 4 is 5.69 Å². The van der Waals surface area contributed by atoms with Crippen LogP contribution in [0.3, 0.4) is 0 Å². The maximum atomic E-state index is 3.43. The van der Waals surface area contributed by atoms with E-state index in [1.54, 1.807) is 0 Å². The van der Waals surface area contributed by atoms with Gasteiger partial charge >= 0.3 is 29.6 Å². The fourth-order valence-electron chi connectivity index (χ4n) is 1.57. The number of nitrogens with one attached hydrogen (secondary N) is 1. The second kappa shape index (κ2) is 4.90. The topological polar surface area (TPSA) is 12.0 Å². The van der Waals surface area contributed by atoms with Gasteiger partial charge in [0.05, 0.1) is 0 Å². The molecule has 0 amide bonds. The molecule has 0 saturated heterocycles. The van der Waals surface area contributed by atoms with E-state index in [4.69, 9.17) is 0 Å². The van der Waals surface area contributed by atoms with Crippen molar-refractivity contribution in [3.05, 3.63) is 29.8 Å². The largest absolute Gasteiger partial charge is 1.00 e. The molecule has 2 heteroatoms. The van der Waals surface area contributed by atoms with Gasteiger partial charge in [-0.1, -0.05) is 18.2 Å². The molecule has 1 aliphatic heterocycles. The first-order valence-electron chi connectivity index (χ1n) is 4.28. The first kappa shape index (κ1) is 10.1. The van der Waals surface area contributed by atoms with Crippen LogP contribution in [0.1, 0.15) is 19.8 Å². The molecule has 0 saturated carbocycles. The van der Waals surface area contributed by atoms with Crippen molar-refractivity contribution in [1.82, 2.24) is 0 Å². The first-order valence-corrected chi connectivity index (χ1v) is 4.28. The van der Waals surface area contributed by atoms with E-state index < -0.39 is 0 Å². The molecule has 1 aromatic carbocycles. The minimum Gasteiger partial charge on any atom is -1.00 e. The van der Waals surface area contributed by atoms with Gasteiger partial charge in [-0.15, -0.1) is 0 Å². The summed E-state index contributed by atoms with van der Waals surface area (Å²) in [4.78, 5) is 0. The van der Waals surface area contributed by atoms with Gasteiger partial charge in [0, 0.05) is 12.2 Å². The molecule has 0 aromatic heterocycles. The SMILES string of the molecule is [H-].[Na+].c1ccc2c(c1)CCCCN2. The maximum absolute atomic E-state index is 3.43. The van der Waals surface area contributed by atoms with Crippen LogP contribution in [-0.4, -0.2) is 6.54 Å². The summed E-state index contributed by atoms with van der Waals surface area (Å²) in [7, 11) is 0. The molecule has 0 bridgehead atoms. The molecule has 1 aliphatic rings. The van der Waals surface area contributed by atoms with E-state index in [9.17, 15) is 0 Å². The predicted molar refractivity (Wildman–Crippen MR) is 49.0 cm³/mol. The quantitative estimate of drug-likeness (QED) is 0.521. The molecule has 0 radical (unpaired) electrons. The molecule has 1 nitrogen and oxygen atoms in total. The van der Waals surface area contributed by atoms with E-state index in [0.29, 0.717) is 0 Å². The van der Waals surface area contributed by atoms with Gasteiger partial charge in [-0.25, -0.2) is 0 Å². The van der Waals surface area contributed by atoms with Gasteiger partial charge in [0.15, 0.2) is 0 Å². The Labute approximate surface area is 97.3 Å². The van der Waals surface area contributed by atoms with Crippen LogP contribution < -0.4 is 34.9 Å². The molecule has 12 heavy (non-hydrogen) atoms. The van der Waals surface area contributed by atoms with Crippen LogP contribution in [0.2, 0.25) is 0 Å². The summed E-state index contributed by atoms with van der Waals surface area (Å²) >= 11 is 0. The van der Waals surface area contributed by atoms with Crippen molar-refractivity contribution in [2.75, 3.05) is 11.9 Å². The molecule has 1 N–H and O–H groups in total. The van der Waals surface area contributed by atoms with E-state index >= 15 is 0 Å². The van der Waals surface area contributed by atoms with Crippen molar-refractivity contribution in [2.24, 2.45) is 0 Å². The zero-order chi connectivity index (χ0) is 7.52. The van der Waals surface area contributed by atoms with Gasteiger partial charge in [-0.2, -0.15) is 0 Å². The van der Waals surface area contributed by atoms with Crippen molar-refractivity contribution in [2.45, 2.75) is 19.3 Å². The minimum absolute atomic E-state index is 0. The molecular formula is C10H14NNa. The monoisotopic (exact) mass is 171 g/mol. The number of benzene rings is 1. The molecular weight excluding hydrogens is 157 g/mol. The molecule has 0 unspecified atom stereocenters. The summed E-state index contributed by atoms with van der Waals surface area (Å²) in [5.41, 5.74) is 2.81. The second-order valence-electron chi connectivity index (χ2n) is 3.04. The molecule has 0 aliphatic carbocycles. The fourth-order valence-corrected chi connectivity index (χ4v) is 1.57. The fraction of sp³-hybridized carbons (Fsp3) is 0.400. The average molecular weight is 171 g/mol. The molecule has 0 fully saturated rings. The molecule has 2 rings (SSSR count). The Morgan fingerprint density at radius 1 is 1.17 bits per heavy atom. The number of hydrogen-bond donors (Lipinski definition) is 1. The third-order valence-electron chi connectivity index (χ3n) is 2.21. The Morgan fingerprint density at radius 2 is 2.00 bits per heavy atom. The van der Waals surface area contributed by atoms with Gasteiger partial charge in [-0.05, 0) is 30.9 Å². The number of aryl methyl sites for hydroxylation is 1. The van der Waals surface area contributed by atoms with E-state index in [2.05, 4.69) is 29.6 Å². The zero-order valence-corrected chi connectivity index (χ0v) is 9.64. The molecule has 60 valence electrons. The van der Waals surface area contributed by atoms with E-state index in [1.807, 2.05) is 0 Å². The summed E-state index contributed by atoms with van der Waals surface area (Å²) in [5.74, 6) is 0. The Bertz CT molecular complexity index is 227. The zero-order valence-electron chi connectivity index (χ0n) is 8.64. The Kier molecular flexibility index (Phi) is 4.13. The molecule has 1 heterocycles. The number of hydrogen-bond acceptors (Lipinski definition) is 1. The summed E-state index contributed by atoms with van der Waals surface area (Å²) in [6, 6.07) is 8.59. The van der Waals surface area contributed by atoms with Crippen molar-refractivity contribution in [3.63, 3.8) is 0 Å². The summed E-state index contributed by atoms with van der Waals surface area (Å²) in [6.45, 7) is 1.14. The Hall–Kier alpha value is 0.0200. The van der Waals surface area contributed by atoms with E-state index in [0.717, 1.165) is 6.54 Å². The molecule has 1 aromatic rings. The van der Waals surface area contributed by atoms with Gasteiger partial charge in [0.25, 0.3) is 0 Å². The van der Waals surface area contributed by atoms with Crippen molar-refractivity contribution in [3.8, 4) is 0 Å². The standard InChI is InChI=1S/C10H13N.Na.H/c1-2-7-10-9(5-1)6-3-4-8-11-10;;/h1-2,5,7,11H,3-4,6,8H2;;/q;+1;-1. The molecule has 0 spiro atoms. The van der Waals surface area contributed by atoms with Gasteiger partial charge in [-0.3, -0.25) is 0 Å². The van der Waals surface area contributed by atoms with E-state index in [1.165, 1.54) is 30.5 Å². The van der Waals surface area contributed by atoms with Gasteiger partial charge < -0.3 is 6.74 Å². The van der Waals surface area contributed by atoms with Crippen LogP contribution in [0.4, 0.5) is 5.69 Å². The summed E-state index contributed by atoms with van der Waals surface area (Å²) < 4.78 is 0. The van der Waals surface area contributed by atoms with Crippen LogP contribution in [0.25, 0.3) is 0 Å². The van der Waals surface area contributed by atoms with Crippen LogP contribution in [0, 0.1) is 0 Å². The molecule has 0 atom stereocenters. The number of rotatable bonds is 0. The van der Waals surface area contributed by atoms with Gasteiger partial charge in [0.1, 0.15) is 0 Å². The predicted octanol–water partition coefficient (Wildman–Crippen LogP) is -0.449. The summed E-state index contributed by atoms with van der Waals surface area (Å²) in [6.07, 6.45) is 3.86. The van der Waals surface area contributed by atoms with Crippen LogP contribution in [0.5, 0.6) is 0 Å². The minimum atomic E-state index is 0. The smallest absolute Gasteiger partial charge is 1.00 e. The second-order valence-corrected chi connectivity index (χ2v) is 3.04. The Morgan fingerprint density at radius 3 is 2.92 bits per heavy atom. The normalized spacial score (nSPS) is 15.0. The van der Waals surface area contributed by atoms with Crippen LogP contribution in [-0.2, 0) is 6.42 Å². The first-order chi connectivity index (χ1) is 5.47. The Balaban J connectivity index is 0.000000720. The number of anilines is 1. The number of para-hydroxylation sites is 1. The maximum Gasteiger partial charge on any atom is 1.00 e. The van der Waals surface area contributed by atoms with Crippen LogP contribution >= 0.6 is 0 Å². The van der Waals surface area contributed by atoms with Crippen molar-refractivity contribution in [1.29, 1.82) is 0 Å². The summed E-state index contributed by atoms with van der Waals surface area (Å²) in [5, 5.41) is 3.43. The number of fused-ring (bicyclic) bond motifs is 1. The van der Waals surface area contributed by atoms with Gasteiger partial charge in [0.2, 0.25) is 0 Å². The van der Waals surface area contributed by atoms with E-state index in [-0.39, 0.29) is 31.0 Å². The average Bonchev–Trinajstić information content (AvgIpc) is 2.28. The third-order valence-corrected chi connectivity index (χ3v) is 2.21.